The van der Waals surface area contributed by atoms with Gasteiger partial charge >= 0.3 is 6.03 Å². The first kappa shape index (κ1) is 19.5. The zero-order valence-corrected chi connectivity index (χ0v) is 17.0. The number of urea groups is 1. The zero-order valence-electron chi connectivity index (χ0n) is 15.4. The van der Waals surface area contributed by atoms with Gasteiger partial charge in [-0.3, -0.25) is 14.3 Å². The molecule has 2 heterocycles. The molecule has 3 aromatic rings. The van der Waals surface area contributed by atoms with E-state index in [1.54, 1.807) is 0 Å². The zero-order chi connectivity index (χ0) is 20.2. The molecular formula is C20H18ClN5O2S. The van der Waals surface area contributed by atoms with Crippen LogP contribution >= 0.6 is 23.4 Å². The molecule has 1 fully saturated rings. The highest BCUT2D eigenvalue weighted by molar-refractivity contribution is 7.99. The van der Waals surface area contributed by atoms with Crippen molar-refractivity contribution in [3.8, 4) is 17.1 Å². The molecule has 0 aliphatic carbocycles. The quantitative estimate of drug-likeness (QED) is 0.354. The summed E-state index contributed by atoms with van der Waals surface area (Å²) in [5.41, 5.74) is 1.87. The molecule has 29 heavy (non-hydrogen) atoms. The van der Waals surface area contributed by atoms with E-state index in [-0.39, 0.29) is 18.5 Å². The fourth-order valence-electron chi connectivity index (χ4n) is 3.03. The van der Waals surface area contributed by atoms with Crippen LogP contribution in [0.3, 0.4) is 0 Å². The van der Waals surface area contributed by atoms with E-state index in [4.69, 9.17) is 11.6 Å². The molecule has 3 amide bonds. The van der Waals surface area contributed by atoms with E-state index in [0.29, 0.717) is 23.7 Å². The van der Waals surface area contributed by atoms with Crippen LogP contribution in [0.1, 0.15) is 6.42 Å². The SMILES string of the molecule is O=C1CNC(=O)N1CCCSc1nnc(-c2ccc(Cl)cc2)n1-c1ccccc1. The fraction of sp³-hybridized carbons (Fsp3) is 0.200. The van der Waals surface area contributed by atoms with Gasteiger partial charge in [-0.25, -0.2) is 4.79 Å². The maximum atomic E-state index is 11.7. The van der Waals surface area contributed by atoms with E-state index >= 15 is 0 Å². The second-order valence-corrected chi connectivity index (χ2v) is 7.89. The van der Waals surface area contributed by atoms with Gasteiger partial charge in [-0.05, 0) is 42.8 Å². The van der Waals surface area contributed by atoms with Gasteiger partial charge in [0.05, 0.1) is 6.54 Å². The number of aromatic nitrogens is 3. The molecule has 4 rings (SSSR count). The van der Waals surface area contributed by atoms with Gasteiger partial charge in [-0.1, -0.05) is 41.6 Å². The van der Waals surface area contributed by atoms with Gasteiger partial charge in [0.25, 0.3) is 0 Å². The van der Waals surface area contributed by atoms with Crippen LogP contribution in [0.4, 0.5) is 4.79 Å². The number of thioether (sulfide) groups is 1. The first-order valence-corrected chi connectivity index (χ1v) is 10.5. The molecule has 9 heteroatoms. The number of rotatable bonds is 7. The van der Waals surface area contributed by atoms with Gasteiger partial charge in [0.1, 0.15) is 0 Å². The number of hydrogen-bond acceptors (Lipinski definition) is 5. The first-order valence-electron chi connectivity index (χ1n) is 9.11. The average molecular weight is 428 g/mol. The lowest BCUT2D eigenvalue weighted by Gasteiger charge is -2.12. The molecule has 1 aromatic heterocycles. The Balaban J connectivity index is 1.53. The van der Waals surface area contributed by atoms with E-state index in [9.17, 15) is 9.59 Å². The number of imide groups is 1. The number of nitrogens with one attached hydrogen (secondary N) is 1. The lowest BCUT2D eigenvalue weighted by molar-refractivity contribution is -0.124. The van der Waals surface area contributed by atoms with E-state index in [1.807, 2.05) is 59.2 Å². The highest BCUT2D eigenvalue weighted by Crippen LogP contribution is 2.29. The number of carbonyl (C=O) groups excluding carboxylic acids is 2. The second kappa shape index (κ2) is 8.67. The third kappa shape index (κ3) is 4.28. The molecule has 1 aliphatic rings. The molecule has 1 saturated heterocycles. The lowest BCUT2D eigenvalue weighted by atomic mass is 10.2. The van der Waals surface area contributed by atoms with Crippen LogP contribution in [0.15, 0.2) is 59.8 Å². The topological polar surface area (TPSA) is 80.1 Å². The summed E-state index contributed by atoms with van der Waals surface area (Å²) in [5, 5.41) is 12.7. The molecular weight excluding hydrogens is 410 g/mol. The average Bonchev–Trinajstić information content (AvgIpc) is 3.30. The highest BCUT2D eigenvalue weighted by atomic mass is 35.5. The Bertz CT molecular complexity index is 1010. The van der Waals surface area contributed by atoms with Gasteiger partial charge < -0.3 is 5.32 Å². The number of amides is 3. The third-order valence-corrected chi connectivity index (χ3v) is 5.71. The van der Waals surface area contributed by atoms with Crippen molar-refractivity contribution in [3.63, 3.8) is 0 Å². The molecule has 0 saturated carbocycles. The molecule has 0 atom stereocenters. The lowest BCUT2D eigenvalue weighted by Crippen LogP contribution is -2.32. The van der Waals surface area contributed by atoms with Crippen LogP contribution in [0.2, 0.25) is 5.02 Å². The minimum atomic E-state index is -0.322. The molecule has 1 N–H and O–H groups in total. The van der Waals surface area contributed by atoms with Gasteiger partial charge in [-0.2, -0.15) is 0 Å². The Morgan fingerprint density at radius 3 is 2.48 bits per heavy atom. The molecule has 0 spiro atoms. The monoisotopic (exact) mass is 427 g/mol. The smallest absolute Gasteiger partial charge is 0.324 e. The standard InChI is InChI=1S/C20H18ClN5O2S/c21-15-9-7-14(8-10-15)18-23-24-20(26(18)16-5-2-1-3-6-16)29-12-4-11-25-17(27)13-22-19(25)28/h1-3,5-10H,4,11-13H2,(H,22,28). The third-order valence-electron chi connectivity index (χ3n) is 4.44. The molecule has 148 valence electrons. The second-order valence-electron chi connectivity index (χ2n) is 6.39. The Morgan fingerprint density at radius 2 is 1.79 bits per heavy atom. The maximum absolute atomic E-state index is 11.7. The number of benzene rings is 2. The van der Waals surface area contributed by atoms with Crippen LogP contribution in [0, 0.1) is 0 Å². The molecule has 1 aliphatic heterocycles. The van der Waals surface area contributed by atoms with Crippen LogP contribution in [-0.2, 0) is 4.79 Å². The number of halogens is 1. The summed E-state index contributed by atoms with van der Waals surface area (Å²) in [6, 6.07) is 17.0. The summed E-state index contributed by atoms with van der Waals surface area (Å²) >= 11 is 7.56. The Hall–Kier alpha value is -2.84. The van der Waals surface area contributed by atoms with Gasteiger partial charge in [0, 0.05) is 28.6 Å². The van der Waals surface area contributed by atoms with E-state index in [0.717, 1.165) is 22.2 Å². The first-order chi connectivity index (χ1) is 14.1. The van der Waals surface area contributed by atoms with Crippen LogP contribution in [0.5, 0.6) is 0 Å². The fourth-order valence-corrected chi connectivity index (χ4v) is 4.03. The number of carbonyl (C=O) groups is 2. The Morgan fingerprint density at radius 1 is 1.03 bits per heavy atom. The predicted octanol–water partition coefficient (Wildman–Crippen LogP) is 3.62. The minimum Gasteiger partial charge on any atom is -0.329 e. The molecule has 0 bridgehead atoms. The van der Waals surface area contributed by atoms with Crippen LogP contribution in [0.25, 0.3) is 17.1 Å². The number of nitrogens with zero attached hydrogens (tertiary/aromatic N) is 4. The van der Waals surface area contributed by atoms with Crippen molar-refractivity contribution in [2.75, 3.05) is 18.8 Å². The molecule has 0 unspecified atom stereocenters. The number of para-hydroxylation sites is 1. The maximum Gasteiger partial charge on any atom is 0.324 e. The summed E-state index contributed by atoms with van der Waals surface area (Å²) in [6.45, 7) is 0.472. The summed E-state index contributed by atoms with van der Waals surface area (Å²) in [6.07, 6.45) is 0.668. The van der Waals surface area contributed by atoms with E-state index in [1.165, 1.54) is 16.7 Å². The van der Waals surface area contributed by atoms with Crippen molar-refractivity contribution < 1.29 is 9.59 Å². The van der Waals surface area contributed by atoms with E-state index < -0.39 is 0 Å². The summed E-state index contributed by atoms with van der Waals surface area (Å²) in [7, 11) is 0. The highest BCUT2D eigenvalue weighted by Gasteiger charge is 2.27. The van der Waals surface area contributed by atoms with Crippen molar-refractivity contribution >= 4 is 35.3 Å². The molecule has 0 radical (unpaired) electrons. The largest absolute Gasteiger partial charge is 0.329 e. The molecule has 7 nitrogen and oxygen atoms in total. The predicted molar refractivity (Wildman–Crippen MR) is 112 cm³/mol. The van der Waals surface area contributed by atoms with E-state index in [2.05, 4.69) is 15.5 Å². The summed E-state index contributed by atoms with van der Waals surface area (Å²) in [5.74, 6) is 1.24. The van der Waals surface area contributed by atoms with Gasteiger partial charge in [0.2, 0.25) is 5.91 Å². The molecule has 2 aromatic carbocycles. The Labute approximate surface area is 177 Å². The van der Waals surface area contributed by atoms with Crippen molar-refractivity contribution in [1.29, 1.82) is 0 Å². The van der Waals surface area contributed by atoms with Crippen molar-refractivity contribution in [2.24, 2.45) is 0 Å². The van der Waals surface area contributed by atoms with Crippen molar-refractivity contribution in [1.82, 2.24) is 25.0 Å². The van der Waals surface area contributed by atoms with Crippen molar-refractivity contribution in [2.45, 2.75) is 11.6 Å². The van der Waals surface area contributed by atoms with Crippen molar-refractivity contribution in [3.05, 3.63) is 59.6 Å². The summed E-state index contributed by atoms with van der Waals surface area (Å²) in [4.78, 5) is 24.5. The van der Waals surface area contributed by atoms with Crippen LogP contribution in [-0.4, -0.2) is 50.4 Å². The minimum absolute atomic E-state index is 0.0821. The normalized spacial score (nSPS) is 13.8. The van der Waals surface area contributed by atoms with Crippen LogP contribution < -0.4 is 5.32 Å². The van der Waals surface area contributed by atoms with Gasteiger partial charge in [-0.15, -0.1) is 10.2 Å². The summed E-state index contributed by atoms with van der Waals surface area (Å²) < 4.78 is 2.00. The Kier molecular flexibility index (Phi) is 5.82. The number of hydrogen-bond donors (Lipinski definition) is 1. The van der Waals surface area contributed by atoms with Gasteiger partial charge in [0.15, 0.2) is 11.0 Å².